The summed E-state index contributed by atoms with van der Waals surface area (Å²) in [6.07, 6.45) is 0. The number of rotatable bonds is 4. The predicted octanol–water partition coefficient (Wildman–Crippen LogP) is 5.26. The number of carbonyl (C=O) groups excluding carboxylic acids is 1. The summed E-state index contributed by atoms with van der Waals surface area (Å²) >= 11 is 0. The van der Waals surface area contributed by atoms with Crippen molar-refractivity contribution in [1.82, 2.24) is 0 Å². The first-order chi connectivity index (χ1) is 10.7. The fraction of sp³-hybridized carbons (Fsp3) is 0. The van der Waals surface area contributed by atoms with Crippen LogP contribution in [0.25, 0.3) is 11.1 Å². The number of halogens is 1. The predicted molar refractivity (Wildman–Crippen MR) is 83.8 cm³/mol. The number of benzene rings is 3. The highest BCUT2D eigenvalue weighted by atomic mass is 19.1. The highest BCUT2D eigenvalue weighted by Crippen LogP contribution is 2.26. The van der Waals surface area contributed by atoms with Gasteiger partial charge in [0.2, 0.25) is 0 Å². The Balaban J connectivity index is 1.75. The van der Waals surface area contributed by atoms with Crippen LogP contribution in [0.4, 0.5) is 4.39 Å². The van der Waals surface area contributed by atoms with Crippen LogP contribution in [0.1, 0.15) is 10.4 Å². The first-order valence-electron chi connectivity index (χ1n) is 6.85. The lowest BCUT2D eigenvalue weighted by molar-refractivity contribution is 0.0836. The van der Waals surface area contributed by atoms with Gasteiger partial charge in [0.1, 0.15) is 11.5 Å². The molecule has 0 heterocycles. The van der Waals surface area contributed by atoms with E-state index in [2.05, 4.69) is 0 Å². The van der Waals surface area contributed by atoms with Crippen molar-refractivity contribution < 1.29 is 13.9 Å². The molecule has 0 saturated carbocycles. The van der Waals surface area contributed by atoms with E-state index in [0.717, 1.165) is 11.1 Å². The third-order valence-corrected chi connectivity index (χ3v) is 3.28. The van der Waals surface area contributed by atoms with E-state index in [4.69, 9.17) is 4.74 Å². The van der Waals surface area contributed by atoms with E-state index >= 15 is 0 Å². The largest absolute Gasteiger partial charge is 0.457 e. The summed E-state index contributed by atoms with van der Waals surface area (Å²) in [4.78, 5) is 10.6. The van der Waals surface area contributed by atoms with Crippen molar-refractivity contribution in [3.05, 3.63) is 84.4 Å². The second-order valence-electron chi connectivity index (χ2n) is 4.79. The van der Waals surface area contributed by atoms with Crippen molar-refractivity contribution in [2.75, 3.05) is 0 Å². The second-order valence-corrected chi connectivity index (χ2v) is 4.79. The lowest BCUT2D eigenvalue weighted by Gasteiger charge is -2.07. The molecule has 0 N–H and O–H groups in total. The van der Waals surface area contributed by atoms with Crippen LogP contribution >= 0.6 is 0 Å². The molecule has 0 aliphatic carbocycles. The number of carbonyl (C=O) groups is 1. The van der Waals surface area contributed by atoms with Crippen LogP contribution in [0.15, 0.2) is 78.9 Å². The molecule has 0 aliphatic heterocycles. The third-order valence-electron chi connectivity index (χ3n) is 3.28. The summed E-state index contributed by atoms with van der Waals surface area (Å²) in [5.41, 5.74) is 2.26. The zero-order chi connectivity index (χ0) is 15.4. The summed E-state index contributed by atoms with van der Waals surface area (Å²) in [5, 5.41) is 0. The molecule has 2 nitrogen and oxygen atoms in total. The van der Waals surface area contributed by atoms with Crippen LogP contribution in [-0.2, 0) is 0 Å². The maximum atomic E-state index is 12.5. The zero-order valence-electron chi connectivity index (χ0n) is 11.7. The first kappa shape index (κ1) is 14.0. The third kappa shape index (κ3) is 3.20. The van der Waals surface area contributed by atoms with Gasteiger partial charge in [-0.25, -0.2) is 0 Å². The average molecular weight is 292 g/mol. The minimum Gasteiger partial charge on any atom is -0.457 e. The zero-order valence-corrected chi connectivity index (χ0v) is 11.7. The summed E-state index contributed by atoms with van der Waals surface area (Å²) < 4.78 is 18.2. The van der Waals surface area contributed by atoms with Gasteiger partial charge in [-0.15, -0.1) is 0 Å². The average Bonchev–Trinajstić information content (AvgIpc) is 2.57. The van der Waals surface area contributed by atoms with Gasteiger partial charge in [0, 0.05) is 0 Å². The summed E-state index contributed by atoms with van der Waals surface area (Å²) in [7, 11) is 0. The Labute approximate surface area is 127 Å². The van der Waals surface area contributed by atoms with E-state index in [0.29, 0.717) is 11.5 Å². The van der Waals surface area contributed by atoms with Crippen molar-refractivity contribution >= 4 is 6.04 Å². The molecule has 0 radical (unpaired) electrons. The van der Waals surface area contributed by atoms with Crippen molar-refractivity contribution in [2.45, 2.75) is 0 Å². The fourth-order valence-electron chi connectivity index (χ4n) is 2.14. The quantitative estimate of drug-likeness (QED) is 0.613. The Bertz CT molecular complexity index is 763. The normalized spacial score (nSPS) is 10.2. The molecule has 0 aromatic heterocycles. The molecule has 0 saturated heterocycles. The molecule has 22 heavy (non-hydrogen) atoms. The Hall–Kier alpha value is -2.94. The minimum absolute atomic E-state index is 0.0202. The molecule has 0 unspecified atom stereocenters. The van der Waals surface area contributed by atoms with Gasteiger partial charge in [-0.1, -0.05) is 42.5 Å². The number of hydrogen-bond donors (Lipinski definition) is 0. The smallest absolute Gasteiger partial charge is 0.332 e. The molecule has 0 bridgehead atoms. The number of hydrogen-bond acceptors (Lipinski definition) is 2. The molecular weight excluding hydrogens is 279 g/mol. The number of ether oxygens (including phenoxy) is 1. The van der Waals surface area contributed by atoms with E-state index in [1.807, 2.05) is 54.6 Å². The van der Waals surface area contributed by atoms with Gasteiger partial charge in [-0.3, -0.25) is 4.79 Å². The van der Waals surface area contributed by atoms with Crippen LogP contribution in [0.5, 0.6) is 11.5 Å². The fourth-order valence-corrected chi connectivity index (χ4v) is 2.14. The molecule has 3 rings (SSSR count). The van der Waals surface area contributed by atoms with Crippen LogP contribution in [0.3, 0.4) is 0 Å². The lowest BCUT2D eigenvalue weighted by Crippen LogP contribution is -1.90. The van der Waals surface area contributed by atoms with Crippen LogP contribution in [0, 0.1) is 0 Å². The van der Waals surface area contributed by atoms with Crippen molar-refractivity contribution in [3.63, 3.8) is 0 Å². The second kappa shape index (κ2) is 6.22. The highest BCUT2D eigenvalue weighted by molar-refractivity contribution is 5.88. The van der Waals surface area contributed by atoms with Gasteiger partial charge in [0.15, 0.2) is 0 Å². The van der Waals surface area contributed by atoms with Crippen LogP contribution in [-0.4, -0.2) is 6.04 Å². The molecule has 0 amide bonds. The topological polar surface area (TPSA) is 26.3 Å². The van der Waals surface area contributed by atoms with Gasteiger partial charge in [0.25, 0.3) is 0 Å². The molecule has 0 fully saturated rings. The van der Waals surface area contributed by atoms with E-state index in [9.17, 15) is 9.18 Å². The van der Waals surface area contributed by atoms with Crippen LogP contribution < -0.4 is 4.74 Å². The Morgan fingerprint density at radius 3 is 1.73 bits per heavy atom. The molecule has 108 valence electrons. The van der Waals surface area contributed by atoms with E-state index < -0.39 is 6.04 Å². The lowest BCUT2D eigenvalue weighted by atomic mass is 10.1. The summed E-state index contributed by atoms with van der Waals surface area (Å²) in [5.74, 6) is 1.23. The summed E-state index contributed by atoms with van der Waals surface area (Å²) in [6, 6.07) is 22.2. The maximum Gasteiger partial charge on any atom is 0.332 e. The standard InChI is InChI=1S/C19H13FO2/c20-19(21)16-8-12-18(13-9-16)22-17-10-6-15(7-11-17)14-4-2-1-3-5-14/h1-13H. The van der Waals surface area contributed by atoms with Gasteiger partial charge < -0.3 is 4.74 Å². The van der Waals surface area contributed by atoms with Crippen molar-refractivity contribution in [3.8, 4) is 22.6 Å². The van der Waals surface area contributed by atoms with Crippen LogP contribution in [0.2, 0.25) is 0 Å². The Morgan fingerprint density at radius 1 is 0.682 bits per heavy atom. The molecule has 3 aromatic carbocycles. The molecule has 0 spiro atoms. The van der Waals surface area contributed by atoms with E-state index in [1.54, 1.807) is 12.1 Å². The maximum absolute atomic E-state index is 12.5. The Kier molecular flexibility index (Phi) is 3.97. The monoisotopic (exact) mass is 292 g/mol. The van der Waals surface area contributed by atoms with Gasteiger partial charge in [-0.2, -0.15) is 4.39 Å². The molecule has 0 atom stereocenters. The van der Waals surface area contributed by atoms with Gasteiger partial charge in [-0.05, 0) is 47.5 Å². The highest BCUT2D eigenvalue weighted by Gasteiger charge is 2.04. The summed E-state index contributed by atoms with van der Waals surface area (Å²) in [6.45, 7) is 0. The van der Waals surface area contributed by atoms with E-state index in [-0.39, 0.29) is 5.56 Å². The molecular formula is C19H13FO2. The molecule has 3 aromatic rings. The van der Waals surface area contributed by atoms with Gasteiger partial charge >= 0.3 is 6.04 Å². The SMILES string of the molecule is O=C(F)c1ccc(Oc2ccc(-c3ccccc3)cc2)cc1. The Morgan fingerprint density at radius 2 is 1.18 bits per heavy atom. The first-order valence-corrected chi connectivity index (χ1v) is 6.85. The minimum atomic E-state index is -1.45. The van der Waals surface area contributed by atoms with Crippen molar-refractivity contribution in [1.29, 1.82) is 0 Å². The van der Waals surface area contributed by atoms with Gasteiger partial charge in [0.05, 0.1) is 5.56 Å². The van der Waals surface area contributed by atoms with E-state index in [1.165, 1.54) is 12.1 Å². The molecule has 3 heteroatoms. The van der Waals surface area contributed by atoms with Crippen molar-refractivity contribution in [2.24, 2.45) is 0 Å². The molecule has 0 aliphatic rings.